The molecule has 0 fully saturated rings. The molecule has 4 radical (unpaired) electrons. The van der Waals surface area contributed by atoms with E-state index in [1.165, 1.54) is 0 Å². The quantitative estimate of drug-likeness (QED) is 0.273. The number of hydrogen-bond acceptors (Lipinski definition) is 2. The number of amides is 2. The molecule has 6 heteroatoms. The molecular formula is C20H13N3O2Pb. The second-order valence-electron chi connectivity index (χ2n) is 6.07. The predicted octanol–water partition coefficient (Wildman–Crippen LogP) is 2.84. The molecule has 3 heterocycles. The van der Waals surface area contributed by atoms with E-state index < -0.39 is 0 Å². The van der Waals surface area contributed by atoms with Crippen LogP contribution in [0, 0.1) is 0 Å². The van der Waals surface area contributed by atoms with Crippen LogP contribution in [0.4, 0.5) is 0 Å². The van der Waals surface area contributed by atoms with Crippen molar-refractivity contribution in [2.45, 2.75) is 0 Å². The number of hydrogen-bond donors (Lipinski definition) is 3. The second kappa shape index (κ2) is 6.24. The molecule has 5 rings (SSSR count). The van der Waals surface area contributed by atoms with Crippen molar-refractivity contribution in [1.29, 1.82) is 0 Å². The van der Waals surface area contributed by atoms with Crippen LogP contribution in [0.3, 0.4) is 0 Å². The number of imide groups is 1. The number of fused-ring (bicyclic) bond motifs is 2. The molecule has 124 valence electrons. The van der Waals surface area contributed by atoms with Gasteiger partial charge in [0.25, 0.3) is 11.8 Å². The van der Waals surface area contributed by atoms with Crippen LogP contribution in [0.2, 0.25) is 0 Å². The van der Waals surface area contributed by atoms with Gasteiger partial charge in [-0.3, -0.25) is 14.9 Å². The molecule has 3 N–H and O–H groups in total. The summed E-state index contributed by atoms with van der Waals surface area (Å²) in [6.07, 6.45) is 0. The number of para-hydroxylation sites is 2. The van der Waals surface area contributed by atoms with E-state index in [1.54, 1.807) is 0 Å². The Morgan fingerprint density at radius 2 is 1.04 bits per heavy atom. The summed E-state index contributed by atoms with van der Waals surface area (Å²) in [5, 5.41) is 4.40. The Bertz CT molecular complexity index is 1060. The molecule has 1 aliphatic rings. The summed E-state index contributed by atoms with van der Waals surface area (Å²) in [5.41, 5.74) is 3.86. The minimum atomic E-state index is -0.384. The SMILES string of the molecule is O=C1NC(=O)C(c2cc3ccccc3[nH]2)=C1c1cc2ccccc2[nH]1.[Pb]. The van der Waals surface area contributed by atoms with Gasteiger partial charge in [-0.05, 0) is 24.3 Å². The summed E-state index contributed by atoms with van der Waals surface area (Å²) >= 11 is 0. The van der Waals surface area contributed by atoms with Gasteiger partial charge in [0.05, 0.1) is 22.5 Å². The summed E-state index contributed by atoms with van der Waals surface area (Å²) in [4.78, 5) is 31.3. The van der Waals surface area contributed by atoms with Crippen molar-refractivity contribution in [3.05, 3.63) is 72.1 Å². The third kappa shape index (κ3) is 2.50. The Balaban J connectivity index is 0.00000168. The van der Waals surface area contributed by atoms with Gasteiger partial charge < -0.3 is 9.97 Å². The molecule has 1 aliphatic heterocycles. The topological polar surface area (TPSA) is 77.8 Å². The molecule has 0 aliphatic carbocycles. The monoisotopic (exact) mass is 535 g/mol. The van der Waals surface area contributed by atoms with Crippen LogP contribution < -0.4 is 5.32 Å². The van der Waals surface area contributed by atoms with E-state index >= 15 is 0 Å². The van der Waals surface area contributed by atoms with E-state index in [0.717, 1.165) is 21.8 Å². The van der Waals surface area contributed by atoms with E-state index in [4.69, 9.17) is 0 Å². The van der Waals surface area contributed by atoms with Gasteiger partial charge in [0, 0.05) is 49.1 Å². The zero-order valence-electron chi connectivity index (χ0n) is 13.6. The van der Waals surface area contributed by atoms with Gasteiger partial charge >= 0.3 is 0 Å². The normalized spacial score (nSPS) is 14.2. The average molecular weight is 535 g/mol. The van der Waals surface area contributed by atoms with Crippen LogP contribution in [-0.4, -0.2) is 49.1 Å². The smallest absolute Gasteiger partial charge is 0.261 e. The number of nitrogens with one attached hydrogen (secondary N) is 3. The largest absolute Gasteiger partial charge is 0.354 e. The fourth-order valence-electron chi connectivity index (χ4n) is 3.39. The van der Waals surface area contributed by atoms with Gasteiger partial charge in [-0.1, -0.05) is 36.4 Å². The van der Waals surface area contributed by atoms with Crippen LogP contribution in [-0.2, 0) is 9.59 Å². The van der Waals surface area contributed by atoms with Crippen molar-refractivity contribution < 1.29 is 9.59 Å². The average Bonchev–Trinajstić information content (AvgIpc) is 3.28. The summed E-state index contributed by atoms with van der Waals surface area (Å²) < 4.78 is 0. The maximum absolute atomic E-state index is 12.4. The first-order valence-corrected chi connectivity index (χ1v) is 7.97. The molecule has 0 bridgehead atoms. The van der Waals surface area contributed by atoms with Gasteiger partial charge in [0.1, 0.15) is 0 Å². The summed E-state index contributed by atoms with van der Waals surface area (Å²) in [5.74, 6) is -0.768. The first kappa shape index (κ1) is 16.8. The van der Waals surface area contributed by atoms with E-state index in [0.29, 0.717) is 22.5 Å². The van der Waals surface area contributed by atoms with Crippen LogP contribution >= 0.6 is 0 Å². The number of carbonyl (C=O) groups is 2. The number of benzene rings is 2. The fraction of sp³-hybridized carbons (Fsp3) is 0. The minimum absolute atomic E-state index is 0. The third-order valence-corrected chi connectivity index (χ3v) is 4.53. The number of aromatic amines is 2. The van der Waals surface area contributed by atoms with Gasteiger partial charge in [0.2, 0.25) is 0 Å². The molecule has 5 nitrogen and oxygen atoms in total. The number of aromatic nitrogens is 2. The van der Waals surface area contributed by atoms with Crippen molar-refractivity contribution in [2.75, 3.05) is 0 Å². The van der Waals surface area contributed by atoms with Crippen LogP contribution in [0.1, 0.15) is 11.4 Å². The molecule has 2 aromatic carbocycles. The first-order valence-electron chi connectivity index (χ1n) is 7.97. The van der Waals surface area contributed by atoms with Gasteiger partial charge in [-0.2, -0.15) is 0 Å². The predicted molar refractivity (Wildman–Crippen MR) is 102 cm³/mol. The third-order valence-electron chi connectivity index (χ3n) is 4.53. The van der Waals surface area contributed by atoms with Crippen LogP contribution in [0.15, 0.2) is 60.7 Å². The van der Waals surface area contributed by atoms with Crippen molar-refractivity contribution in [1.82, 2.24) is 15.3 Å². The maximum Gasteiger partial charge on any atom is 0.261 e. The molecule has 0 saturated heterocycles. The molecule has 26 heavy (non-hydrogen) atoms. The standard InChI is InChI=1S/C20H13N3O2.Pb/c24-19-17(15-9-11-5-1-3-7-13(11)21-15)18(20(25)23-19)16-10-12-6-2-4-8-14(12)22-16;/h1-10,21-22H,(H,23,24,25);. The van der Waals surface area contributed by atoms with Crippen molar-refractivity contribution in [3.8, 4) is 0 Å². The fourth-order valence-corrected chi connectivity index (χ4v) is 3.39. The van der Waals surface area contributed by atoms with Crippen molar-refractivity contribution in [3.63, 3.8) is 0 Å². The Kier molecular flexibility index (Phi) is 4.03. The molecule has 4 aromatic rings. The Morgan fingerprint density at radius 1 is 0.615 bits per heavy atom. The summed E-state index contributed by atoms with van der Waals surface area (Å²) in [6, 6.07) is 19.3. The van der Waals surface area contributed by atoms with Crippen LogP contribution in [0.5, 0.6) is 0 Å². The van der Waals surface area contributed by atoms with Gasteiger partial charge in [-0.25, -0.2) is 0 Å². The Labute approximate surface area is 168 Å². The zero-order valence-corrected chi connectivity index (χ0v) is 17.5. The zero-order chi connectivity index (χ0) is 17.0. The Morgan fingerprint density at radius 3 is 1.46 bits per heavy atom. The van der Waals surface area contributed by atoms with E-state index in [2.05, 4.69) is 15.3 Å². The minimum Gasteiger partial charge on any atom is -0.354 e. The summed E-state index contributed by atoms with van der Waals surface area (Å²) in [7, 11) is 0. The number of carbonyl (C=O) groups excluding carboxylic acids is 2. The molecule has 0 spiro atoms. The van der Waals surface area contributed by atoms with Crippen molar-refractivity contribution in [2.24, 2.45) is 0 Å². The van der Waals surface area contributed by atoms with Crippen molar-refractivity contribution >= 4 is 72.1 Å². The van der Waals surface area contributed by atoms with Gasteiger partial charge in [-0.15, -0.1) is 0 Å². The molecule has 0 unspecified atom stereocenters. The Hall–Kier alpha value is -2.68. The summed E-state index contributed by atoms with van der Waals surface area (Å²) in [6.45, 7) is 0. The number of H-pyrrole nitrogens is 2. The number of rotatable bonds is 2. The first-order chi connectivity index (χ1) is 12.2. The van der Waals surface area contributed by atoms with E-state index in [1.807, 2.05) is 60.7 Å². The molecular weight excluding hydrogens is 521 g/mol. The van der Waals surface area contributed by atoms with E-state index in [9.17, 15) is 9.59 Å². The van der Waals surface area contributed by atoms with Gasteiger partial charge in [0.15, 0.2) is 0 Å². The second-order valence-corrected chi connectivity index (χ2v) is 6.07. The molecule has 2 aromatic heterocycles. The van der Waals surface area contributed by atoms with E-state index in [-0.39, 0.29) is 39.1 Å². The molecule has 2 amide bonds. The maximum atomic E-state index is 12.4. The molecule has 0 saturated carbocycles. The van der Waals surface area contributed by atoms with Crippen LogP contribution in [0.25, 0.3) is 33.0 Å². The molecule has 0 atom stereocenters.